The Morgan fingerprint density at radius 2 is 1.83 bits per heavy atom. The van der Waals surface area contributed by atoms with E-state index in [-0.39, 0.29) is 12.6 Å². The summed E-state index contributed by atoms with van der Waals surface area (Å²) in [7, 11) is 0. The molecule has 0 saturated carbocycles. The largest absolute Gasteiger partial charge is 0.458 e. The number of hydrogen-bond acceptors (Lipinski definition) is 4. The van der Waals surface area contributed by atoms with Gasteiger partial charge in [-0.1, -0.05) is 24.3 Å². The van der Waals surface area contributed by atoms with Crippen LogP contribution in [0.3, 0.4) is 0 Å². The Balaban J connectivity index is 2.25. The maximum atomic E-state index is 11.8. The van der Waals surface area contributed by atoms with Crippen LogP contribution in [-0.2, 0) is 9.47 Å². The topological polar surface area (TPSA) is 64.6 Å². The van der Waals surface area contributed by atoms with Gasteiger partial charge in [0.2, 0.25) is 0 Å². The minimum atomic E-state index is -0.499. The first-order valence-corrected chi connectivity index (χ1v) is 7.62. The molecule has 126 valence electrons. The lowest BCUT2D eigenvalue weighted by Gasteiger charge is -2.19. The number of esters is 1. The molecule has 1 rings (SSSR count). The van der Waals surface area contributed by atoms with Crippen LogP contribution in [0, 0.1) is 0 Å². The van der Waals surface area contributed by atoms with Gasteiger partial charge < -0.3 is 14.8 Å². The van der Waals surface area contributed by atoms with E-state index in [1.165, 1.54) is 0 Å². The first-order chi connectivity index (χ1) is 10.8. The average Bonchev–Trinajstić information content (AvgIpc) is 2.48. The third kappa shape index (κ3) is 8.66. The maximum Gasteiger partial charge on any atom is 0.407 e. The molecule has 0 aromatic heterocycles. The second-order valence-corrected chi connectivity index (χ2v) is 6.21. The Morgan fingerprint density at radius 3 is 2.43 bits per heavy atom. The van der Waals surface area contributed by atoms with Crippen molar-refractivity contribution >= 4 is 12.1 Å². The number of nitrogens with one attached hydrogen (secondary N) is 1. The first-order valence-electron chi connectivity index (χ1n) is 7.62. The van der Waals surface area contributed by atoms with E-state index in [1.54, 1.807) is 24.3 Å². The number of amides is 1. The van der Waals surface area contributed by atoms with Gasteiger partial charge in [0, 0.05) is 6.54 Å². The van der Waals surface area contributed by atoms with Crippen molar-refractivity contribution in [2.45, 2.75) is 39.7 Å². The Kier molecular flexibility index (Phi) is 7.32. The van der Waals surface area contributed by atoms with Crippen molar-refractivity contribution in [2.24, 2.45) is 0 Å². The summed E-state index contributed by atoms with van der Waals surface area (Å²) in [5.41, 5.74) is 0.966. The molecule has 0 spiro atoms. The van der Waals surface area contributed by atoms with E-state index >= 15 is 0 Å². The van der Waals surface area contributed by atoms with Crippen molar-refractivity contribution in [1.82, 2.24) is 5.32 Å². The molecule has 0 saturated heterocycles. The van der Waals surface area contributed by atoms with Crippen molar-refractivity contribution in [2.75, 3.05) is 13.2 Å². The molecule has 0 bridgehead atoms. The van der Waals surface area contributed by atoms with E-state index in [9.17, 15) is 9.59 Å². The van der Waals surface area contributed by atoms with E-state index in [2.05, 4.69) is 5.32 Å². The molecular formula is C18H25NO4. The molecule has 5 heteroatoms. The summed E-state index contributed by atoms with van der Waals surface area (Å²) in [5.74, 6) is -0.342. The molecule has 0 aliphatic rings. The molecule has 0 fully saturated rings. The first kappa shape index (κ1) is 18.7. The van der Waals surface area contributed by atoms with E-state index in [4.69, 9.17) is 9.47 Å². The van der Waals surface area contributed by atoms with Crippen LogP contribution in [0.15, 0.2) is 42.0 Å². The molecule has 0 unspecified atom stereocenters. The van der Waals surface area contributed by atoms with Crippen LogP contribution in [0.25, 0.3) is 0 Å². The van der Waals surface area contributed by atoms with Gasteiger partial charge in [-0.3, -0.25) is 0 Å². The van der Waals surface area contributed by atoms with Crippen molar-refractivity contribution in [3.05, 3.63) is 47.5 Å². The molecule has 1 aromatic rings. The lowest BCUT2D eigenvalue weighted by Crippen LogP contribution is -2.32. The highest BCUT2D eigenvalue weighted by Gasteiger charge is 2.15. The Hall–Kier alpha value is -2.30. The van der Waals surface area contributed by atoms with E-state index in [0.717, 1.165) is 5.57 Å². The van der Waals surface area contributed by atoms with E-state index in [0.29, 0.717) is 18.5 Å². The van der Waals surface area contributed by atoms with Crippen molar-refractivity contribution in [3.8, 4) is 0 Å². The predicted octanol–water partition coefficient (Wildman–Crippen LogP) is 3.70. The molecule has 0 aliphatic carbocycles. The highest BCUT2D eigenvalue weighted by atomic mass is 16.6. The third-order valence-electron chi connectivity index (χ3n) is 2.75. The minimum Gasteiger partial charge on any atom is -0.458 e. The lowest BCUT2D eigenvalue weighted by atomic mass is 10.2. The van der Waals surface area contributed by atoms with Gasteiger partial charge in [-0.25, -0.2) is 9.59 Å². The summed E-state index contributed by atoms with van der Waals surface area (Å²) in [4.78, 5) is 23.2. The molecule has 1 aromatic carbocycles. The van der Waals surface area contributed by atoms with Gasteiger partial charge in [0.05, 0.1) is 5.56 Å². The molecule has 0 atom stereocenters. The monoisotopic (exact) mass is 319 g/mol. The van der Waals surface area contributed by atoms with Crippen molar-refractivity contribution in [1.29, 1.82) is 0 Å². The number of carbonyl (C=O) groups is 2. The Bertz CT molecular complexity index is 544. The molecule has 1 N–H and O–H groups in total. The van der Waals surface area contributed by atoms with Gasteiger partial charge in [-0.15, -0.1) is 0 Å². The number of ether oxygens (including phenoxy) is 2. The molecule has 0 aliphatic heterocycles. The van der Waals surface area contributed by atoms with E-state index < -0.39 is 11.7 Å². The summed E-state index contributed by atoms with van der Waals surface area (Å²) in [5, 5.41) is 2.67. The number of carbonyl (C=O) groups excluding carboxylic acids is 2. The smallest absolute Gasteiger partial charge is 0.407 e. The summed E-state index contributed by atoms with van der Waals surface area (Å²) in [6, 6.07) is 8.86. The van der Waals surface area contributed by atoms with Crippen LogP contribution in [0.2, 0.25) is 0 Å². The van der Waals surface area contributed by atoms with Crippen LogP contribution in [-0.4, -0.2) is 30.8 Å². The van der Waals surface area contributed by atoms with Gasteiger partial charge in [-0.2, -0.15) is 0 Å². The minimum absolute atomic E-state index is 0.236. The lowest BCUT2D eigenvalue weighted by molar-refractivity contribution is 0.0525. The quantitative estimate of drug-likeness (QED) is 0.493. The van der Waals surface area contributed by atoms with Crippen LogP contribution in [0.1, 0.15) is 44.5 Å². The molecule has 23 heavy (non-hydrogen) atoms. The average molecular weight is 319 g/mol. The third-order valence-corrected chi connectivity index (χ3v) is 2.75. The summed E-state index contributed by atoms with van der Waals surface area (Å²) >= 11 is 0. The van der Waals surface area contributed by atoms with Crippen LogP contribution in [0.4, 0.5) is 4.79 Å². The van der Waals surface area contributed by atoms with Gasteiger partial charge in [-0.05, 0) is 51.8 Å². The predicted molar refractivity (Wildman–Crippen MR) is 89.3 cm³/mol. The van der Waals surface area contributed by atoms with Crippen LogP contribution in [0.5, 0.6) is 0 Å². The SMILES string of the molecule is C/C(=C\CCNC(=O)OC(C)(C)C)COC(=O)c1ccccc1. The number of alkyl carbamates (subject to hydrolysis) is 1. The summed E-state index contributed by atoms with van der Waals surface area (Å²) in [6.45, 7) is 8.04. The van der Waals surface area contributed by atoms with Crippen LogP contribution >= 0.6 is 0 Å². The molecular weight excluding hydrogens is 294 g/mol. The van der Waals surface area contributed by atoms with Gasteiger partial charge >= 0.3 is 12.1 Å². The second kappa shape index (κ2) is 8.98. The molecule has 0 heterocycles. The van der Waals surface area contributed by atoms with Crippen LogP contribution < -0.4 is 5.32 Å². The summed E-state index contributed by atoms with van der Waals surface area (Å²) in [6.07, 6.45) is 2.14. The zero-order valence-electron chi connectivity index (χ0n) is 14.2. The van der Waals surface area contributed by atoms with Crippen molar-refractivity contribution < 1.29 is 19.1 Å². The fourth-order valence-electron chi connectivity index (χ4n) is 1.70. The molecule has 5 nitrogen and oxygen atoms in total. The Labute approximate surface area is 137 Å². The number of benzene rings is 1. The zero-order chi connectivity index (χ0) is 17.3. The number of rotatable bonds is 6. The standard InChI is InChI=1S/C18H25NO4/c1-14(9-8-12-19-17(21)23-18(2,3)4)13-22-16(20)15-10-6-5-7-11-15/h5-7,9-11H,8,12-13H2,1-4H3,(H,19,21)/b14-9+. The van der Waals surface area contributed by atoms with Gasteiger partial charge in [0.15, 0.2) is 0 Å². The summed E-state index contributed by atoms with van der Waals surface area (Å²) < 4.78 is 10.3. The zero-order valence-corrected chi connectivity index (χ0v) is 14.2. The Morgan fingerprint density at radius 1 is 1.17 bits per heavy atom. The fourth-order valence-corrected chi connectivity index (χ4v) is 1.70. The normalized spacial score (nSPS) is 11.7. The van der Waals surface area contributed by atoms with Crippen molar-refractivity contribution in [3.63, 3.8) is 0 Å². The highest BCUT2D eigenvalue weighted by molar-refractivity contribution is 5.89. The van der Waals surface area contributed by atoms with E-state index in [1.807, 2.05) is 39.8 Å². The number of hydrogen-bond donors (Lipinski definition) is 1. The molecule has 1 amide bonds. The molecule has 0 radical (unpaired) electrons. The van der Waals surface area contributed by atoms with Gasteiger partial charge in [0.25, 0.3) is 0 Å². The second-order valence-electron chi connectivity index (χ2n) is 6.21. The van der Waals surface area contributed by atoms with Gasteiger partial charge in [0.1, 0.15) is 12.2 Å². The highest BCUT2D eigenvalue weighted by Crippen LogP contribution is 2.06. The fraction of sp³-hybridized carbons (Fsp3) is 0.444. The maximum absolute atomic E-state index is 11.8.